The highest BCUT2D eigenvalue weighted by molar-refractivity contribution is 5.70. The number of hydrogen-bond donors (Lipinski definition) is 0. The molecule has 0 N–H and O–H groups in total. The van der Waals surface area contributed by atoms with Crippen LogP contribution in [-0.4, -0.2) is 44.9 Å². The van der Waals surface area contributed by atoms with Crippen LogP contribution in [0.3, 0.4) is 0 Å². The van der Waals surface area contributed by atoms with Crippen LogP contribution in [0.15, 0.2) is 17.1 Å². The highest BCUT2D eigenvalue weighted by Gasteiger charge is 2.24. The molecule has 31 heavy (non-hydrogen) atoms. The average molecular weight is 424 g/mol. The zero-order chi connectivity index (χ0) is 21.2. The molecule has 1 aliphatic heterocycles. The second-order valence-corrected chi connectivity index (χ2v) is 8.84. The molecule has 0 atom stereocenters. The van der Waals surface area contributed by atoms with Crippen molar-refractivity contribution in [1.29, 1.82) is 0 Å². The summed E-state index contributed by atoms with van der Waals surface area (Å²) in [5.74, 6) is 0.389. The Labute approximate surface area is 181 Å². The molecular formula is C23H29N5O3. The molecule has 164 valence electrons. The fourth-order valence-corrected chi connectivity index (χ4v) is 4.88. The van der Waals surface area contributed by atoms with Gasteiger partial charge in [0.15, 0.2) is 0 Å². The van der Waals surface area contributed by atoms with Gasteiger partial charge in [0.1, 0.15) is 12.6 Å². The van der Waals surface area contributed by atoms with E-state index >= 15 is 0 Å². The summed E-state index contributed by atoms with van der Waals surface area (Å²) < 4.78 is 6.80. The summed E-state index contributed by atoms with van der Waals surface area (Å²) in [6, 6.07) is 1.59. The van der Waals surface area contributed by atoms with Crippen LogP contribution in [0.5, 0.6) is 0 Å². The van der Waals surface area contributed by atoms with Crippen molar-refractivity contribution in [3.05, 3.63) is 33.9 Å². The standard InChI is InChI=1S/C23H29N5O3/c29-20-13-16-9-10-19-18(14-24-23(25-19)27-11-5-2-6-12-27)22(16)26-28(20)15-21(30)31-17-7-3-1-4-8-17/h13-14,17H,1-12,15H2. The van der Waals surface area contributed by atoms with Crippen LogP contribution < -0.4 is 10.5 Å². The number of carbonyl (C=O) groups excluding carboxylic acids is 1. The van der Waals surface area contributed by atoms with Crippen molar-refractivity contribution >= 4 is 11.9 Å². The molecule has 8 heteroatoms. The lowest BCUT2D eigenvalue weighted by Crippen LogP contribution is -2.32. The number of carbonyl (C=O) groups is 1. The molecule has 2 aliphatic carbocycles. The highest BCUT2D eigenvalue weighted by atomic mass is 16.5. The second kappa shape index (κ2) is 8.77. The first-order chi connectivity index (χ1) is 15.2. The fraction of sp³-hybridized carbons (Fsp3) is 0.609. The van der Waals surface area contributed by atoms with Gasteiger partial charge in [-0.15, -0.1) is 0 Å². The zero-order valence-corrected chi connectivity index (χ0v) is 17.9. The molecule has 8 nitrogen and oxygen atoms in total. The molecule has 2 aromatic rings. The number of piperidine rings is 1. The van der Waals surface area contributed by atoms with Gasteiger partial charge < -0.3 is 9.64 Å². The first-order valence-corrected chi connectivity index (χ1v) is 11.6. The van der Waals surface area contributed by atoms with Gasteiger partial charge in [-0.25, -0.2) is 14.6 Å². The predicted molar refractivity (Wildman–Crippen MR) is 116 cm³/mol. The Bertz CT molecular complexity index is 1020. The summed E-state index contributed by atoms with van der Waals surface area (Å²) in [4.78, 5) is 36.6. The van der Waals surface area contributed by atoms with E-state index in [2.05, 4.69) is 15.0 Å². The van der Waals surface area contributed by atoms with Crippen LogP contribution in [-0.2, 0) is 28.9 Å². The number of ether oxygens (including phenoxy) is 1. The number of nitrogens with zero attached hydrogens (tertiary/aromatic N) is 5. The van der Waals surface area contributed by atoms with Crippen molar-refractivity contribution in [2.24, 2.45) is 0 Å². The second-order valence-electron chi connectivity index (χ2n) is 8.84. The number of anilines is 1. The van der Waals surface area contributed by atoms with Gasteiger partial charge in [0, 0.05) is 30.9 Å². The first kappa shape index (κ1) is 20.2. The Morgan fingerprint density at radius 2 is 1.84 bits per heavy atom. The lowest BCUT2D eigenvalue weighted by molar-refractivity contribution is -0.151. The topological polar surface area (TPSA) is 90.2 Å². The summed E-state index contributed by atoms with van der Waals surface area (Å²) in [5.41, 5.74) is 3.15. The SMILES string of the molecule is O=C(Cn1nc2c(cc1=O)CCc1nc(N3CCCCC3)ncc1-2)OC1CCCCC1. The molecule has 1 saturated carbocycles. The summed E-state index contributed by atoms with van der Waals surface area (Å²) >= 11 is 0. The van der Waals surface area contributed by atoms with Crippen LogP contribution in [0.4, 0.5) is 5.95 Å². The third-order valence-corrected chi connectivity index (χ3v) is 6.59. The molecule has 0 spiro atoms. The summed E-state index contributed by atoms with van der Waals surface area (Å²) in [5, 5.41) is 4.54. The van der Waals surface area contributed by atoms with E-state index in [-0.39, 0.29) is 18.2 Å². The zero-order valence-electron chi connectivity index (χ0n) is 17.9. The summed E-state index contributed by atoms with van der Waals surface area (Å²) in [6.45, 7) is 1.83. The van der Waals surface area contributed by atoms with E-state index in [1.807, 2.05) is 6.20 Å². The Hall–Kier alpha value is -2.77. The lowest BCUT2D eigenvalue weighted by atomic mass is 9.94. The van der Waals surface area contributed by atoms with Gasteiger partial charge in [-0.2, -0.15) is 5.10 Å². The van der Waals surface area contributed by atoms with Gasteiger partial charge >= 0.3 is 5.97 Å². The molecule has 0 amide bonds. The smallest absolute Gasteiger partial charge is 0.328 e. The lowest BCUT2D eigenvalue weighted by Gasteiger charge is -2.28. The molecule has 2 aromatic heterocycles. The molecule has 0 bridgehead atoms. The number of rotatable bonds is 4. The minimum absolute atomic E-state index is 0.0306. The van der Waals surface area contributed by atoms with Crippen LogP contribution in [0, 0.1) is 0 Å². The maximum atomic E-state index is 12.5. The van der Waals surface area contributed by atoms with Gasteiger partial charge in [-0.1, -0.05) is 6.42 Å². The van der Waals surface area contributed by atoms with Gasteiger partial charge in [0.05, 0.1) is 11.4 Å². The summed E-state index contributed by atoms with van der Waals surface area (Å²) in [7, 11) is 0. The van der Waals surface area contributed by atoms with E-state index in [1.54, 1.807) is 6.07 Å². The van der Waals surface area contributed by atoms with Crippen molar-refractivity contribution in [3.63, 3.8) is 0 Å². The third kappa shape index (κ3) is 4.34. The molecule has 1 saturated heterocycles. The van der Waals surface area contributed by atoms with E-state index in [4.69, 9.17) is 9.72 Å². The van der Waals surface area contributed by atoms with Crippen molar-refractivity contribution in [2.45, 2.75) is 76.9 Å². The number of esters is 1. The van der Waals surface area contributed by atoms with E-state index in [0.717, 1.165) is 68.0 Å². The van der Waals surface area contributed by atoms with Gasteiger partial charge in [-0.05, 0) is 63.4 Å². The molecule has 3 aliphatic rings. The van der Waals surface area contributed by atoms with Crippen molar-refractivity contribution in [3.8, 4) is 11.3 Å². The Morgan fingerprint density at radius 1 is 1.06 bits per heavy atom. The normalized spacial score (nSPS) is 18.9. The van der Waals surface area contributed by atoms with Gasteiger partial charge in [0.2, 0.25) is 5.95 Å². The van der Waals surface area contributed by atoms with E-state index in [0.29, 0.717) is 12.1 Å². The van der Waals surface area contributed by atoms with Gasteiger partial charge in [-0.3, -0.25) is 9.59 Å². The van der Waals surface area contributed by atoms with E-state index in [1.165, 1.54) is 30.4 Å². The molecule has 3 heterocycles. The fourth-order valence-electron chi connectivity index (χ4n) is 4.88. The molecule has 2 fully saturated rings. The molecule has 0 radical (unpaired) electrons. The molecular weight excluding hydrogens is 394 g/mol. The van der Waals surface area contributed by atoms with E-state index < -0.39 is 5.97 Å². The average Bonchev–Trinajstić information content (AvgIpc) is 2.80. The van der Waals surface area contributed by atoms with Crippen molar-refractivity contribution < 1.29 is 9.53 Å². The molecule has 0 unspecified atom stereocenters. The Morgan fingerprint density at radius 3 is 2.65 bits per heavy atom. The quantitative estimate of drug-likeness (QED) is 0.698. The van der Waals surface area contributed by atoms with Crippen molar-refractivity contribution in [1.82, 2.24) is 19.7 Å². The van der Waals surface area contributed by atoms with Crippen LogP contribution in [0.1, 0.15) is 62.6 Å². The Balaban J connectivity index is 1.37. The van der Waals surface area contributed by atoms with Crippen LogP contribution >= 0.6 is 0 Å². The van der Waals surface area contributed by atoms with Gasteiger partial charge in [0.25, 0.3) is 5.56 Å². The predicted octanol–water partition coefficient (Wildman–Crippen LogP) is 2.67. The van der Waals surface area contributed by atoms with E-state index in [9.17, 15) is 9.59 Å². The maximum absolute atomic E-state index is 12.5. The van der Waals surface area contributed by atoms with Crippen LogP contribution in [0.25, 0.3) is 11.3 Å². The maximum Gasteiger partial charge on any atom is 0.328 e. The van der Waals surface area contributed by atoms with Crippen LogP contribution in [0.2, 0.25) is 0 Å². The molecule has 5 rings (SSSR count). The number of aryl methyl sites for hydroxylation is 2. The first-order valence-electron chi connectivity index (χ1n) is 11.6. The summed E-state index contributed by atoms with van der Waals surface area (Å²) in [6.07, 6.45) is 12.1. The number of aromatic nitrogens is 4. The third-order valence-electron chi connectivity index (χ3n) is 6.59. The number of fused-ring (bicyclic) bond motifs is 3. The monoisotopic (exact) mass is 423 g/mol. The Kier molecular flexibility index (Phi) is 5.70. The minimum Gasteiger partial charge on any atom is -0.461 e. The van der Waals surface area contributed by atoms with Crippen molar-refractivity contribution in [2.75, 3.05) is 18.0 Å². The largest absolute Gasteiger partial charge is 0.461 e. The number of hydrogen-bond acceptors (Lipinski definition) is 7. The highest BCUT2D eigenvalue weighted by Crippen LogP contribution is 2.31. The minimum atomic E-state index is -0.394. The molecule has 0 aromatic carbocycles.